The quantitative estimate of drug-likeness (QED) is 0.586. The zero-order valence-corrected chi connectivity index (χ0v) is 14.1. The second-order valence-corrected chi connectivity index (χ2v) is 6.07. The molecule has 1 amide bonds. The summed E-state index contributed by atoms with van der Waals surface area (Å²) < 4.78 is 1.23. The first kappa shape index (κ1) is 15.7. The molecule has 2 rings (SSSR count). The molecular formula is C14H10Br2N2O3. The molecule has 0 atom stereocenters. The van der Waals surface area contributed by atoms with Crippen molar-refractivity contribution in [1.29, 1.82) is 0 Å². The molecule has 21 heavy (non-hydrogen) atoms. The molecular weight excluding hydrogens is 404 g/mol. The fourth-order valence-electron chi connectivity index (χ4n) is 1.73. The Morgan fingerprint density at radius 2 is 1.81 bits per heavy atom. The second-order valence-electron chi connectivity index (χ2n) is 4.36. The first-order chi connectivity index (χ1) is 9.88. The average molecular weight is 414 g/mol. The fourth-order valence-corrected chi connectivity index (χ4v) is 2.50. The van der Waals surface area contributed by atoms with Crippen molar-refractivity contribution in [2.24, 2.45) is 0 Å². The molecule has 0 bridgehead atoms. The first-order valence-corrected chi connectivity index (χ1v) is 7.48. The number of hydrogen-bond acceptors (Lipinski definition) is 3. The number of benzene rings is 2. The molecule has 0 aliphatic heterocycles. The number of carbonyl (C=O) groups is 1. The Hall–Kier alpha value is -1.73. The molecule has 0 spiro atoms. The lowest BCUT2D eigenvalue weighted by molar-refractivity contribution is -0.384. The van der Waals surface area contributed by atoms with Gasteiger partial charge >= 0.3 is 0 Å². The highest BCUT2D eigenvalue weighted by Gasteiger charge is 2.15. The van der Waals surface area contributed by atoms with E-state index in [4.69, 9.17) is 0 Å². The zero-order valence-electron chi connectivity index (χ0n) is 10.9. The van der Waals surface area contributed by atoms with Crippen LogP contribution in [0.2, 0.25) is 0 Å². The summed E-state index contributed by atoms with van der Waals surface area (Å²) in [6.07, 6.45) is 0. The van der Waals surface area contributed by atoms with E-state index < -0.39 is 4.92 Å². The third-order valence-corrected chi connectivity index (χ3v) is 4.16. The molecule has 0 saturated heterocycles. The topological polar surface area (TPSA) is 72.2 Å². The van der Waals surface area contributed by atoms with E-state index in [0.29, 0.717) is 20.2 Å². The van der Waals surface area contributed by atoms with E-state index in [1.165, 1.54) is 18.2 Å². The lowest BCUT2D eigenvalue weighted by Gasteiger charge is -2.09. The van der Waals surface area contributed by atoms with Crippen LogP contribution in [0.4, 0.5) is 11.4 Å². The van der Waals surface area contributed by atoms with Gasteiger partial charge in [-0.25, -0.2) is 0 Å². The number of nitrogens with one attached hydrogen (secondary N) is 1. The SMILES string of the molecule is Cc1ccc(Br)c(C(=O)Nc2cc([N+](=O)[O-])ccc2Br)c1. The van der Waals surface area contributed by atoms with Crippen LogP contribution in [0.3, 0.4) is 0 Å². The Morgan fingerprint density at radius 1 is 1.14 bits per heavy atom. The minimum Gasteiger partial charge on any atom is -0.321 e. The van der Waals surface area contributed by atoms with E-state index in [1.807, 2.05) is 13.0 Å². The molecule has 0 unspecified atom stereocenters. The largest absolute Gasteiger partial charge is 0.321 e. The lowest BCUT2D eigenvalue weighted by atomic mass is 10.1. The number of rotatable bonds is 3. The highest BCUT2D eigenvalue weighted by atomic mass is 79.9. The molecule has 2 aromatic rings. The molecule has 108 valence electrons. The van der Waals surface area contributed by atoms with Gasteiger partial charge < -0.3 is 5.32 Å². The Balaban J connectivity index is 2.33. The number of aryl methyl sites for hydroxylation is 1. The van der Waals surface area contributed by atoms with Crippen molar-refractivity contribution in [3.05, 3.63) is 66.6 Å². The maximum absolute atomic E-state index is 12.3. The molecule has 0 radical (unpaired) electrons. The number of amides is 1. The Morgan fingerprint density at radius 3 is 2.48 bits per heavy atom. The smallest absolute Gasteiger partial charge is 0.271 e. The van der Waals surface area contributed by atoms with Gasteiger partial charge in [0.25, 0.3) is 11.6 Å². The van der Waals surface area contributed by atoms with Crippen LogP contribution in [0, 0.1) is 17.0 Å². The van der Waals surface area contributed by atoms with Crippen molar-refractivity contribution in [1.82, 2.24) is 0 Å². The van der Waals surface area contributed by atoms with Crippen LogP contribution in [-0.2, 0) is 0 Å². The number of anilines is 1. The van der Waals surface area contributed by atoms with E-state index in [0.717, 1.165) is 5.56 Å². The summed E-state index contributed by atoms with van der Waals surface area (Å²) in [4.78, 5) is 22.6. The Kier molecular flexibility index (Phi) is 4.74. The Bertz CT molecular complexity index is 732. The average Bonchev–Trinajstić information content (AvgIpc) is 2.43. The maximum atomic E-state index is 12.3. The van der Waals surface area contributed by atoms with Crippen LogP contribution in [0.5, 0.6) is 0 Å². The molecule has 0 aliphatic carbocycles. The minimum absolute atomic E-state index is 0.0863. The third kappa shape index (κ3) is 3.68. The van der Waals surface area contributed by atoms with Crippen LogP contribution in [0.25, 0.3) is 0 Å². The minimum atomic E-state index is -0.509. The maximum Gasteiger partial charge on any atom is 0.271 e. The number of nitro benzene ring substituents is 1. The summed E-state index contributed by atoms with van der Waals surface area (Å²) in [7, 11) is 0. The predicted molar refractivity (Wildman–Crippen MR) is 87.6 cm³/mol. The highest BCUT2D eigenvalue weighted by molar-refractivity contribution is 9.11. The molecule has 0 aliphatic rings. The molecule has 2 aromatic carbocycles. The van der Waals surface area contributed by atoms with E-state index >= 15 is 0 Å². The Labute approximate surface area is 137 Å². The second kappa shape index (κ2) is 6.36. The zero-order chi connectivity index (χ0) is 15.6. The van der Waals surface area contributed by atoms with Crippen LogP contribution < -0.4 is 5.32 Å². The van der Waals surface area contributed by atoms with Gasteiger partial charge in [0, 0.05) is 21.1 Å². The fraction of sp³-hybridized carbons (Fsp3) is 0.0714. The van der Waals surface area contributed by atoms with Crippen molar-refractivity contribution >= 4 is 49.1 Å². The summed E-state index contributed by atoms with van der Waals surface area (Å²) in [5.41, 5.74) is 1.68. The summed E-state index contributed by atoms with van der Waals surface area (Å²) in [6.45, 7) is 1.88. The molecule has 7 heteroatoms. The van der Waals surface area contributed by atoms with E-state index in [-0.39, 0.29) is 11.6 Å². The van der Waals surface area contributed by atoms with Gasteiger partial charge in [-0.1, -0.05) is 11.6 Å². The molecule has 0 heterocycles. The number of carbonyl (C=O) groups excluding carboxylic acids is 1. The standard InChI is InChI=1S/C14H10Br2N2O3/c1-8-2-4-11(15)10(6-8)14(19)17-13-7-9(18(20)21)3-5-12(13)16/h2-7H,1H3,(H,17,19). The van der Waals surface area contributed by atoms with Crippen molar-refractivity contribution in [2.45, 2.75) is 6.92 Å². The van der Waals surface area contributed by atoms with Gasteiger partial charge in [-0.2, -0.15) is 0 Å². The number of nitrogens with zero attached hydrogens (tertiary/aromatic N) is 1. The highest BCUT2D eigenvalue weighted by Crippen LogP contribution is 2.28. The normalized spacial score (nSPS) is 10.2. The van der Waals surface area contributed by atoms with Crippen LogP contribution in [0.15, 0.2) is 45.3 Å². The van der Waals surface area contributed by atoms with Crippen molar-refractivity contribution in [2.75, 3.05) is 5.32 Å². The number of non-ortho nitro benzene ring substituents is 1. The molecule has 0 fully saturated rings. The van der Waals surface area contributed by atoms with Gasteiger partial charge in [-0.15, -0.1) is 0 Å². The summed E-state index contributed by atoms with van der Waals surface area (Å²) >= 11 is 6.58. The third-order valence-electron chi connectivity index (χ3n) is 2.78. The number of hydrogen-bond donors (Lipinski definition) is 1. The molecule has 0 saturated carbocycles. The van der Waals surface area contributed by atoms with E-state index in [2.05, 4.69) is 37.2 Å². The first-order valence-electron chi connectivity index (χ1n) is 5.90. The van der Waals surface area contributed by atoms with Crippen LogP contribution >= 0.6 is 31.9 Å². The molecule has 1 N–H and O–H groups in total. The van der Waals surface area contributed by atoms with Crippen molar-refractivity contribution in [3.8, 4) is 0 Å². The summed E-state index contributed by atoms with van der Waals surface area (Å²) in [6, 6.07) is 9.61. The van der Waals surface area contributed by atoms with Gasteiger partial charge in [0.05, 0.1) is 16.2 Å². The summed E-state index contributed by atoms with van der Waals surface area (Å²) in [5, 5.41) is 13.5. The van der Waals surface area contributed by atoms with E-state index in [9.17, 15) is 14.9 Å². The van der Waals surface area contributed by atoms with Crippen LogP contribution in [0.1, 0.15) is 15.9 Å². The summed E-state index contributed by atoms with van der Waals surface area (Å²) in [5.74, 6) is -0.341. The van der Waals surface area contributed by atoms with Crippen LogP contribution in [-0.4, -0.2) is 10.8 Å². The molecule has 5 nitrogen and oxygen atoms in total. The monoisotopic (exact) mass is 412 g/mol. The van der Waals surface area contributed by atoms with Gasteiger partial charge in [-0.05, 0) is 57.0 Å². The number of nitro groups is 1. The lowest BCUT2D eigenvalue weighted by Crippen LogP contribution is -2.13. The van der Waals surface area contributed by atoms with E-state index in [1.54, 1.807) is 12.1 Å². The van der Waals surface area contributed by atoms with Gasteiger partial charge in [-0.3, -0.25) is 14.9 Å². The van der Waals surface area contributed by atoms with Crippen molar-refractivity contribution in [3.63, 3.8) is 0 Å². The van der Waals surface area contributed by atoms with Gasteiger partial charge in [0.15, 0.2) is 0 Å². The number of halogens is 2. The van der Waals surface area contributed by atoms with Gasteiger partial charge in [0.1, 0.15) is 0 Å². The predicted octanol–water partition coefficient (Wildman–Crippen LogP) is 4.68. The van der Waals surface area contributed by atoms with Gasteiger partial charge in [0.2, 0.25) is 0 Å². The molecule has 0 aromatic heterocycles. The van der Waals surface area contributed by atoms with Crippen molar-refractivity contribution < 1.29 is 9.72 Å².